The molecule has 1 rings (SSSR count). The second kappa shape index (κ2) is 7.82. The highest BCUT2D eigenvalue weighted by molar-refractivity contribution is 7.09. The van der Waals surface area contributed by atoms with Crippen molar-refractivity contribution in [1.29, 1.82) is 0 Å². The Bertz CT molecular complexity index is 261. The maximum absolute atomic E-state index is 5.60. The van der Waals surface area contributed by atoms with E-state index < -0.39 is 0 Å². The van der Waals surface area contributed by atoms with E-state index in [2.05, 4.69) is 36.7 Å². The first-order valence-corrected chi connectivity index (χ1v) is 6.98. The molecule has 16 heavy (non-hydrogen) atoms. The summed E-state index contributed by atoms with van der Waals surface area (Å²) in [5.41, 5.74) is 0. The Hall–Kier alpha value is -0.380. The smallest absolute Gasteiger partial charge is 0.0727 e. The van der Waals surface area contributed by atoms with Gasteiger partial charge >= 0.3 is 0 Å². The van der Waals surface area contributed by atoms with Crippen LogP contribution in [0.15, 0.2) is 17.5 Å². The topological polar surface area (TPSA) is 21.3 Å². The molecule has 3 heteroatoms. The zero-order valence-electron chi connectivity index (χ0n) is 10.5. The lowest BCUT2D eigenvalue weighted by molar-refractivity contribution is 0.0616. The van der Waals surface area contributed by atoms with Crippen LogP contribution in [0.25, 0.3) is 0 Å². The number of thiophene rings is 1. The lowest BCUT2D eigenvalue weighted by atomic mass is 10.0. The monoisotopic (exact) mass is 241 g/mol. The predicted molar refractivity (Wildman–Crippen MR) is 71.2 cm³/mol. The molecule has 0 radical (unpaired) electrons. The number of likely N-dealkylation sites (N-methyl/N-ethyl adjacent to an activating group) is 1. The molecule has 2 unspecified atom stereocenters. The highest BCUT2D eigenvalue weighted by Crippen LogP contribution is 2.16. The van der Waals surface area contributed by atoms with E-state index >= 15 is 0 Å². The molecule has 2 atom stereocenters. The molecule has 0 bridgehead atoms. The van der Waals surface area contributed by atoms with E-state index in [4.69, 9.17) is 4.74 Å². The van der Waals surface area contributed by atoms with Gasteiger partial charge in [0.15, 0.2) is 0 Å². The molecular weight excluding hydrogens is 218 g/mol. The zero-order valence-corrected chi connectivity index (χ0v) is 11.3. The minimum atomic E-state index is 0.326. The van der Waals surface area contributed by atoms with Crippen LogP contribution in [0.4, 0.5) is 0 Å². The molecule has 2 nitrogen and oxygen atoms in total. The first kappa shape index (κ1) is 13.7. The van der Waals surface area contributed by atoms with Gasteiger partial charge < -0.3 is 10.1 Å². The molecule has 0 saturated carbocycles. The fourth-order valence-electron chi connectivity index (χ4n) is 2.01. The zero-order chi connectivity index (χ0) is 11.8. The molecular formula is C13H23NOS. The number of hydrogen-bond acceptors (Lipinski definition) is 3. The minimum absolute atomic E-state index is 0.326. The van der Waals surface area contributed by atoms with Crippen molar-refractivity contribution in [2.45, 2.75) is 45.3 Å². The fraction of sp³-hybridized carbons (Fsp3) is 0.692. The van der Waals surface area contributed by atoms with Gasteiger partial charge in [-0.2, -0.15) is 0 Å². The Morgan fingerprint density at radius 1 is 1.44 bits per heavy atom. The van der Waals surface area contributed by atoms with Gasteiger partial charge in [0.05, 0.1) is 6.10 Å². The van der Waals surface area contributed by atoms with Gasteiger partial charge in [0.2, 0.25) is 0 Å². The average molecular weight is 241 g/mol. The SMILES string of the molecule is CCCC(OC)C(Cc1cccs1)NCC. The Kier molecular flexibility index (Phi) is 6.69. The van der Waals surface area contributed by atoms with Crippen LogP contribution in [0.3, 0.4) is 0 Å². The third kappa shape index (κ3) is 4.24. The Morgan fingerprint density at radius 3 is 2.75 bits per heavy atom. The molecule has 0 saturated heterocycles. The van der Waals surface area contributed by atoms with Crippen molar-refractivity contribution in [3.05, 3.63) is 22.4 Å². The summed E-state index contributed by atoms with van der Waals surface area (Å²) in [5, 5.41) is 5.68. The van der Waals surface area contributed by atoms with Crippen molar-refractivity contribution in [2.75, 3.05) is 13.7 Å². The lowest BCUT2D eigenvalue weighted by Gasteiger charge is -2.26. The van der Waals surface area contributed by atoms with Gasteiger partial charge in [-0.1, -0.05) is 26.3 Å². The summed E-state index contributed by atoms with van der Waals surface area (Å²) < 4.78 is 5.60. The van der Waals surface area contributed by atoms with Crippen LogP contribution in [-0.2, 0) is 11.2 Å². The van der Waals surface area contributed by atoms with E-state index in [-0.39, 0.29) is 0 Å². The summed E-state index contributed by atoms with van der Waals surface area (Å²) in [6, 6.07) is 4.76. The number of hydrogen-bond donors (Lipinski definition) is 1. The van der Waals surface area contributed by atoms with Gasteiger partial charge in [0, 0.05) is 18.0 Å². The van der Waals surface area contributed by atoms with Gasteiger partial charge in [0.1, 0.15) is 0 Å². The van der Waals surface area contributed by atoms with Crippen LogP contribution in [0.2, 0.25) is 0 Å². The predicted octanol–water partition coefficient (Wildman–Crippen LogP) is 3.08. The van der Waals surface area contributed by atoms with Gasteiger partial charge in [-0.15, -0.1) is 11.3 Å². The Morgan fingerprint density at radius 2 is 2.25 bits per heavy atom. The molecule has 0 aliphatic carbocycles. The fourth-order valence-corrected chi connectivity index (χ4v) is 2.78. The van der Waals surface area contributed by atoms with Gasteiger partial charge in [0.25, 0.3) is 0 Å². The van der Waals surface area contributed by atoms with Crippen LogP contribution in [0.5, 0.6) is 0 Å². The minimum Gasteiger partial charge on any atom is -0.380 e. The van der Waals surface area contributed by atoms with E-state index in [9.17, 15) is 0 Å². The van der Waals surface area contributed by atoms with Crippen LogP contribution >= 0.6 is 11.3 Å². The highest BCUT2D eigenvalue weighted by atomic mass is 32.1. The lowest BCUT2D eigenvalue weighted by Crippen LogP contribution is -2.42. The molecule has 0 aliphatic rings. The summed E-state index contributed by atoms with van der Waals surface area (Å²) in [6.45, 7) is 5.36. The normalized spacial score (nSPS) is 14.9. The second-order valence-electron chi connectivity index (χ2n) is 4.01. The van der Waals surface area contributed by atoms with Crippen molar-refractivity contribution in [3.8, 4) is 0 Å². The molecule has 1 aromatic heterocycles. The summed E-state index contributed by atoms with van der Waals surface area (Å²) in [4.78, 5) is 1.43. The molecule has 0 fully saturated rings. The molecule has 1 aromatic rings. The van der Waals surface area contributed by atoms with Crippen molar-refractivity contribution < 1.29 is 4.74 Å². The van der Waals surface area contributed by atoms with E-state index in [0.717, 1.165) is 19.4 Å². The van der Waals surface area contributed by atoms with E-state index in [1.165, 1.54) is 11.3 Å². The summed E-state index contributed by atoms with van der Waals surface area (Å²) in [6.07, 6.45) is 3.70. The quantitative estimate of drug-likeness (QED) is 0.755. The molecule has 0 aromatic carbocycles. The Balaban J connectivity index is 2.57. The summed E-state index contributed by atoms with van der Waals surface area (Å²) in [5.74, 6) is 0. The van der Waals surface area contributed by atoms with E-state index in [1.807, 2.05) is 18.4 Å². The molecule has 1 N–H and O–H groups in total. The van der Waals surface area contributed by atoms with Gasteiger partial charge in [-0.3, -0.25) is 0 Å². The highest BCUT2D eigenvalue weighted by Gasteiger charge is 2.20. The Labute approximate surface area is 103 Å². The van der Waals surface area contributed by atoms with E-state index in [0.29, 0.717) is 12.1 Å². The van der Waals surface area contributed by atoms with Crippen molar-refractivity contribution in [1.82, 2.24) is 5.32 Å². The number of nitrogens with one attached hydrogen (secondary N) is 1. The first-order valence-electron chi connectivity index (χ1n) is 6.10. The maximum Gasteiger partial charge on any atom is 0.0727 e. The molecule has 0 amide bonds. The standard InChI is InChI=1S/C13H23NOS/c1-4-7-13(15-3)12(14-5-2)10-11-8-6-9-16-11/h6,8-9,12-14H,4-5,7,10H2,1-3H3. The molecule has 1 heterocycles. The molecule has 0 spiro atoms. The first-order chi connectivity index (χ1) is 7.81. The van der Waals surface area contributed by atoms with Crippen molar-refractivity contribution >= 4 is 11.3 Å². The average Bonchev–Trinajstić information content (AvgIpc) is 2.78. The molecule has 92 valence electrons. The number of rotatable bonds is 8. The van der Waals surface area contributed by atoms with Crippen LogP contribution < -0.4 is 5.32 Å². The molecule has 0 aliphatic heterocycles. The third-order valence-corrected chi connectivity index (χ3v) is 3.69. The largest absolute Gasteiger partial charge is 0.380 e. The summed E-state index contributed by atoms with van der Waals surface area (Å²) >= 11 is 1.83. The van der Waals surface area contributed by atoms with E-state index in [1.54, 1.807) is 0 Å². The van der Waals surface area contributed by atoms with Gasteiger partial charge in [-0.25, -0.2) is 0 Å². The third-order valence-electron chi connectivity index (χ3n) is 2.79. The maximum atomic E-state index is 5.60. The van der Waals surface area contributed by atoms with Gasteiger partial charge in [-0.05, 0) is 30.8 Å². The van der Waals surface area contributed by atoms with Crippen LogP contribution in [-0.4, -0.2) is 25.8 Å². The van der Waals surface area contributed by atoms with Crippen molar-refractivity contribution in [2.24, 2.45) is 0 Å². The number of ether oxygens (including phenoxy) is 1. The van der Waals surface area contributed by atoms with Crippen LogP contribution in [0, 0.1) is 0 Å². The number of methoxy groups -OCH3 is 1. The van der Waals surface area contributed by atoms with Crippen LogP contribution in [0.1, 0.15) is 31.6 Å². The second-order valence-corrected chi connectivity index (χ2v) is 5.04. The van der Waals surface area contributed by atoms with Crippen molar-refractivity contribution in [3.63, 3.8) is 0 Å². The summed E-state index contributed by atoms with van der Waals surface area (Å²) in [7, 11) is 1.82.